The maximum Gasteiger partial charge on any atom is 0.407 e. The maximum atomic E-state index is 10.9. The van der Waals surface area contributed by atoms with Gasteiger partial charge in [-0.15, -0.1) is 0 Å². The molecule has 1 fully saturated rings. The fourth-order valence-electron chi connectivity index (χ4n) is 2.79. The number of hydrogen-bond acceptors (Lipinski definition) is 2. The first-order valence-corrected chi connectivity index (χ1v) is 8.48. The topological polar surface area (TPSA) is 49.8 Å². The van der Waals surface area contributed by atoms with Crippen LogP contribution in [0.5, 0.6) is 5.75 Å². The van der Waals surface area contributed by atoms with E-state index in [0.717, 1.165) is 16.9 Å². The van der Waals surface area contributed by atoms with Crippen molar-refractivity contribution in [3.8, 4) is 16.9 Å². The standard InChI is InChI=1S/C18H17Cl2NO3/c19-13-3-1-12(2-4-13)16-11-15(5-6-17(16)20)24-14-7-9-21(10-8-14)18(22)23/h1-6,11,14H,7-10H2,(H,22,23). The summed E-state index contributed by atoms with van der Waals surface area (Å²) in [5, 5.41) is 10.3. The highest BCUT2D eigenvalue weighted by Crippen LogP contribution is 2.33. The predicted octanol–water partition coefficient (Wildman–Crippen LogP) is 5.18. The highest BCUT2D eigenvalue weighted by atomic mass is 35.5. The summed E-state index contributed by atoms with van der Waals surface area (Å²) in [5.41, 5.74) is 1.85. The minimum absolute atomic E-state index is 0.0137. The molecule has 3 rings (SSSR count). The summed E-state index contributed by atoms with van der Waals surface area (Å²) in [6.45, 7) is 0.995. The number of benzene rings is 2. The zero-order valence-electron chi connectivity index (χ0n) is 12.9. The molecule has 0 atom stereocenters. The molecule has 6 heteroatoms. The summed E-state index contributed by atoms with van der Waals surface area (Å²) in [7, 11) is 0. The molecule has 1 aliphatic heterocycles. The van der Waals surface area contributed by atoms with Crippen LogP contribution >= 0.6 is 23.2 Å². The molecule has 0 unspecified atom stereocenters. The van der Waals surface area contributed by atoms with Gasteiger partial charge in [-0.05, 0) is 35.9 Å². The third-order valence-electron chi connectivity index (χ3n) is 4.11. The minimum atomic E-state index is -0.870. The number of carboxylic acid groups (broad SMARTS) is 1. The van der Waals surface area contributed by atoms with Crippen LogP contribution in [0, 0.1) is 0 Å². The van der Waals surface area contributed by atoms with Crippen LogP contribution in [0.3, 0.4) is 0 Å². The largest absolute Gasteiger partial charge is 0.490 e. The Morgan fingerprint density at radius 2 is 1.75 bits per heavy atom. The lowest BCUT2D eigenvalue weighted by Gasteiger charge is -2.30. The molecule has 0 aromatic heterocycles. The Labute approximate surface area is 150 Å². The van der Waals surface area contributed by atoms with Crippen molar-refractivity contribution < 1.29 is 14.6 Å². The second-order valence-corrected chi connectivity index (χ2v) is 6.58. The van der Waals surface area contributed by atoms with E-state index in [9.17, 15) is 4.79 Å². The van der Waals surface area contributed by atoms with E-state index in [1.54, 1.807) is 0 Å². The summed E-state index contributed by atoms with van der Waals surface area (Å²) in [6, 6.07) is 13.0. The van der Waals surface area contributed by atoms with Gasteiger partial charge in [0, 0.05) is 41.5 Å². The Hall–Kier alpha value is -1.91. The third-order valence-corrected chi connectivity index (χ3v) is 4.69. The van der Waals surface area contributed by atoms with Crippen molar-refractivity contribution in [1.82, 2.24) is 4.90 Å². The van der Waals surface area contributed by atoms with E-state index in [1.807, 2.05) is 42.5 Å². The fraction of sp³-hybridized carbons (Fsp3) is 0.278. The molecule has 126 valence electrons. The van der Waals surface area contributed by atoms with Crippen molar-refractivity contribution in [1.29, 1.82) is 0 Å². The average molecular weight is 366 g/mol. The molecule has 0 radical (unpaired) electrons. The number of halogens is 2. The van der Waals surface area contributed by atoms with E-state index in [1.165, 1.54) is 4.90 Å². The molecule has 2 aromatic carbocycles. The van der Waals surface area contributed by atoms with Crippen molar-refractivity contribution in [2.24, 2.45) is 0 Å². The van der Waals surface area contributed by atoms with Crippen molar-refractivity contribution in [2.45, 2.75) is 18.9 Å². The number of carbonyl (C=O) groups is 1. The summed E-state index contributed by atoms with van der Waals surface area (Å²) >= 11 is 12.2. The van der Waals surface area contributed by atoms with Gasteiger partial charge in [-0.25, -0.2) is 4.79 Å². The van der Waals surface area contributed by atoms with Crippen LogP contribution in [-0.4, -0.2) is 35.3 Å². The molecular formula is C18H17Cl2NO3. The molecule has 24 heavy (non-hydrogen) atoms. The Morgan fingerprint density at radius 1 is 1.08 bits per heavy atom. The molecule has 1 heterocycles. The predicted molar refractivity (Wildman–Crippen MR) is 95.1 cm³/mol. The third kappa shape index (κ3) is 3.94. The fourth-order valence-corrected chi connectivity index (χ4v) is 3.14. The Morgan fingerprint density at radius 3 is 2.38 bits per heavy atom. The van der Waals surface area contributed by atoms with Crippen molar-refractivity contribution in [3.63, 3.8) is 0 Å². The van der Waals surface area contributed by atoms with Gasteiger partial charge in [0.25, 0.3) is 0 Å². The molecule has 0 bridgehead atoms. The summed E-state index contributed by atoms with van der Waals surface area (Å²) in [6.07, 6.45) is 0.515. The normalized spacial score (nSPS) is 15.3. The van der Waals surface area contributed by atoms with E-state index >= 15 is 0 Å². The number of likely N-dealkylation sites (tertiary alicyclic amines) is 1. The van der Waals surface area contributed by atoms with Crippen molar-refractivity contribution >= 4 is 29.3 Å². The van der Waals surface area contributed by atoms with Gasteiger partial charge in [-0.1, -0.05) is 35.3 Å². The number of ether oxygens (including phenoxy) is 1. The van der Waals surface area contributed by atoms with Crippen LogP contribution in [0.15, 0.2) is 42.5 Å². The van der Waals surface area contributed by atoms with Gasteiger partial charge in [0.2, 0.25) is 0 Å². The molecule has 4 nitrogen and oxygen atoms in total. The van der Waals surface area contributed by atoms with E-state index in [-0.39, 0.29) is 6.10 Å². The lowest BCUT2D eigenvalue weighted by molar-refractivity contribution is 0.0895. The zero-order valence-corrected chi connectivity index (χ0v) is 14.4. The number of rotatable bonds is 3. The summed E-state index contributed by atoms with van der Waals surface area (Å²) in [5.74, 6) is 0.734. The lowest BCUT2D eigenvalue weighted by atomic mass is 10.0. The molecule has 1 N–H and O–H groups in total. The van der Waals surface area contributed by atoms with Gasteiger partial charge in [0.05, 0.1) is 0 Å². The first-order valence-electron chi connectivity index (χ1n) is 7.73. The first-order chi connectivity index (χ1) is 11.5. The molecule has 0 aliphatic carbocycles. The SMILES string of the molecule is O=C(O)N1CCC(Oc2ccc(Cl)c(-c3ccc(Cl)cc3)c2)CC1. The number of nitrogens with zero attached hydrogens (tertiary/aromatic N) is 1. The highest BCUT2D eigenvalue weighted by Gasteiger charge is 2.23. The quantitative estimate of drug-likeness (QED) is 0.814. The van der Waals surface area contributed by atoms with Crippen LogP contribution in [0.25, 0.3) is 11.1 Å². The second-order valence-electron chi connectivity index (χ2n) is 5.74. The summed E-state index contributed by atoms with van der Waals surface area (Å²) in [4.78, 5) is 12.4. The number of piperidine rings is 1. The van der Waals surface area contributed by atoms with Crippen LogP contribution in [0.1, 0.15) is 12.8 Å². The first kappa shape index (κ1) is 16.9. The van der Waals surface area contributed by atoms with Crippen LogP contribution in [-0.2, 0) is 0 Å². The lowest BCUT2D eigenvalue weighted by Crippen LogP contribution is -2.41. The van der Waals surface area contributed by atoms with Crippen LogP contribution < -0.4 is 4.74 Å². The minimum Gasteiger partial charge on any atom is -0.490 e. The van der Waals surface area contributed by atoms with E-state index in [4.69, 9.17) is 33.0 Å². The Kier molecular flexibility index (Phi) is 5.17. The van der Waals surface area contributed by atoms with Gasteiger partial charge < -0.3 is 14.7 Å². The number of amides is 1. The van der Waals surface area contributed by atoms with Gasteiger partial charge in [-0.3, -0.25) is 0 Å². The second kappa shape index (κ2) is 7.32. The van der Waals surface area contributed by atoms with E-state index < -0.39 is 6.09 Å². The van der Waals surface area contributed by atoms with Gasteiger partial charge in [-0.2, -0.15) is 0 Å². The molecule has 1 amide bonds. The van der Waals surface area contributed by atoms with Gasteiger partial charge >= 0.3 is 6.09 Å². The van der Waals surface area contributed by atoms with Crippen molar-refractivity contribution in [2.75, 3.05) is 13.1 Å². The van der Waals surface area contributed by atoms with Crippen LogP contribution in [0.2, 0.25) is 10.0 Å². The Bertz CT molecular complexity index is 726. The molecule has 2 aromatic rings. The molecule has 1 saturated heterocycles. The number of hydrogen-bond donors (Lipinski definition) is 1. The van der Waals surface area contributed by atoms with E-state index in [0.29, 0.717) is 36.0 Å². The smallest absolute Gasteiger partial charge is 0.407 e. The molecular weight excluding hydrogens is 349 g/mol. The molecule has 0 spiro atoms. The zero-order chi connectivity index (χ0) is 17.1. The van der Waals surface area contributed by atoms with E-state index in [2.05, 4.69) is 0 Å². The van der Waals surface area contributed by atoms with Gasteiger partial charge in [0.1, 0.15) is 11.9 Å². The monoisotopic (exact) mass is 365 g/mol. The summed E-state index contributed by atoms with van der Waals surface area (Å²) < 4.78 is 6.02. The van der Waals surface area contributed by atoms with Gasteiger partial charge in [0.15, 0.2) is 0 Å². The molecule has 0 saturated carbocycles. The van der Waals surface area contributed by atoms with Crippen LogP contribution in [0.4, 0.5) is 4.79 Å². The van der Waals surface area contributed by atoms with Crippen molar-refractivity contribution in [3.05, 3.63) is 52.5 Å². The highest BCUT2D eigenvalue weighted by molar-refractivity contribution is 6.33. The maximum absolute atomic E-state index is 10.9. The Balaban J connectivity index is 1.72. The average Bonchev–Trinajstić information content (AvgIpc) is 2.58. The molecule has 1 aliphatic rings.